The summed E-state index contributed by atoms with van der Waals surface area (Å²) in [4.78, 5) is 11.8. The molecular formula is C17H17Cl2N3O2S. The number of hydrogen-bond acceptors (Lipinski definition) is 3. The van der Waals surface area contributed by atoms with Crippen LogP contribution in [-0.2, 0) is 11.2 Å². The van der Waals surface area contributed by atoms with Crippen LogP contribution in [0.2, 0.25) is 10.0 Å². The maximum Gasteiger partial charge on any atom is 0.276 e. The molecule has 0 radical (unpaired) electrons. The number of aryl methyl sites for hydroxylation is 1. The smallest absolute Gasteiger partial charge is 0.276 e. The summed E-state index contributed by atoms with van der Waals surface area (Å²) in [7, 11) is 0. The van der Waals surface area contributed by atoms with Gasteiger partial charge in [-0.1, -0.05) is 48.3 Å². The quantitative estimate of drug-likeness (QED) is 0.526. The van der Waals surface area contributed by atoms with Gasteiger partial charge in [-0.05, 0) is 48.5 Å². The van der Waals surface area contributed by atoms with Crippen molar-refractivity contribution in [2.45, 2.75) is 13.3 Å². The van der Waals surface area contributed by atoms with Gasteiger partial charge >= 0.3 is 0 Å². The van der Waals surface area contributed by atoms with Gasteiger partial charge in [0.15, 0.2) is 11.7 Å². The van der Waals surface area contributed by atoms with E-state index in [4.69, 9.17) is 40.2 Å². The fourth-order valence-corrected chi connectivity index (χ4v) is 2.63. The number of rotatable bonds is 5. The summed E-state index contributed by atoms with van der Waals surface area (Å²) in [5.74, 6) is -0.0299. The van der Waals surface area contributed by atoms with Crippen LogP contribution in [0.25, 0.3) is 0 Å². The SMILES string of the molecule is CCc1ccccc1NC(=S)NNC(=O)COc1ccc(Cl)cc1Cl. The van der Waals surface area contributed by atoms with Gasteiger partial charge in [-0.25, -0.2) is 0 Å². The molecule has 0 fully saturated rings. The average Bonchev–Trinajstić information content (AvgIpc) is 2.59. The predicted octanol–water partition coefficient (Wildman–Crippen LogP) is 3.95. The summed E-state index contributed by atoms with van der Waals surface area (Å²) in [5, 5.41) is 4.14. The van der Waals surface area contributed by atoms with Gasteiger partial charge in [0, 0.05) is 10.7 Å². The van der Waals surface area contributed by atoms with Crippen molar-refractivity contribution in [2.24, 2.45) is 0 Å². The molecule has 0 spiro atoms. The van der Waals surface area contributed by atoms with Crippen LogP contribution < -0.4 is 20.9 Å². The van der Waals surface area contributed by atoms with Crippen molar-refractivity contribution >= 4 is 52.1 Å². The number of ether oxygens (including phenoxy) is 1. The Labute approximate surface area is 161 Å². The minimum atomic E-state index is -0.404. The summed E-state index contributed by atoms with van der Waals surface area (Å²) in [6, 6.07) is 12.6. The van der Waals surface area contributed by atoms with Crippen LogP contribution in [0.5, 0.6) is 5.75 Å². The second-order valence-electron chi connectivity index (χ2n) is 5.00. The van der Waals surface area contributed by atoms with Crippen molar-refractivity contribution in [3.63, 3.8) is 0 Å². The van der Waals surface area contributed by atoms with E-state index in [0.29, 0.717) is 15.8 Å². The fourth-order valence-electron chi connectivity index (χ4n) is 2.00. The van der Waals surface area contributed by atoms with Gasteiger partial charge in [0.2, 0.25) is 0 Å². The number of hydrazine groups is 1. The van der Waals surface area contributed by atoms with Crippen LogP contribution in [-0.4, -0.2) is 17.6 Å². The van der Waals surface area contributed by atoms with Crippen LogP contribution in [0.1, 0.15) is 12.5 Å². The van der Waals surface area contributed by atoms with Gasteiger partial charge in [0.25, 0.3) is 5.91 Å². The van der Waals surface area contributed by atoms with Gasteiger partial charge in [-0.3, -0.25) is 15.6 Å². The first-order valence-corrected chi connectivity index (χ1v) is 8.67. The molecule has 0 aromatic heterocycles. The van der Waals surface area contributed by atoms with Crippen LogP contribution in [0, 0.1) is 0 Å². The molecule has 0 aliphatic heterocycles. The highest BCUT2D eigenvalue weighted by Crippen LogP contribution is 2.27. The normalized spacial score (nSPS) is 10.0. The van der Waals surface area contributed by atoms with Gasteiger partial charge in [-0.2, -0.15) is 0 Å². The number of anilines is 1. The molecule has 0 bridgehead atoms. The lowest BCUT2D eigenvalue weighted by atomic mass is 10.1. The second-order valence-corrected chi connectivity index (χ2v) is 6.25. The lowest BCUT2D eigenvalue weighted by Crippen LogP contribution is -2.45. The third-order valence-corrected chi connectivity index (χ3v) is 3.95. The maximum atomic E-state index is 11.8. The number of carbonyl (C=O) groups is 1. The summed E-state index contributed by atoms with van der Waals surface area (Å²) < 4.78 is 5.33. The van der Waals surface area contributed by atoms with Crippen molar-refractivity contribution in [1.29, 1.82) is 0 Å². The van der Waals surface area contributed by atoms with E-state index in [2.05, 4.69) is 23.1 Å². The van der Waals surface area contributed by atoms with Crippen molar-refractivity contribution in [3.05, 3.63) is 58.1 Å². The lowest BCUT2D eigenvalue weighted by molar-refractivity contribution is -0.123. The number of nitrogens with one attached hydrogen (secondary N) is 3. The van der Waals surface area contributed by atoms with E-state index in [1.165, 1.54) is 0 Å². The molecule has 0 aliphatic rings. The van der Waals surface area contributed by atoms with E-state index in [-0.39, 0.29) is 11.7 Å². The molecule has 0 atom stereocenters. The number of carbonyl (C=O) groups excluding carboxylic acids is 1. The molecule has 25 heavy (non-hydrogen) atoms. The van der Waals surface area contributed by atoms with E-state index < -0.39 is 5.91 Å². The number of hydrogen-bond donors (Lipinski definition) is 3. The number of benzene rings is 2. The Morgan fingerprint density at radius 1 is 1.16 bits per heavy atom. The molecule has 3 N–H and O–H groups in total. The van der Waals surface area contributed by atoms with Gasteiger partial charge in [0.05, 0.1) is 5.02 Å². The van der Waals surface area contributed by atoms with Crippen LogP contribution >= 0.6 is 35.4 Å². The Balaban J connectivity index is 1.78. The highest BCUT2D eigenvalue weighted by molar-refractivity contribution is 7.80. The highest BCUT2D eigenvalue weighted by atomic mass is 35.5. The Morgan fingerprint density at radius 2 is 1.92 bits per heavy atom. The standard InChI is InChI=1S/C17H17Cl2N3O2S/c1-2-11-5-3-4-6-14(11)20-17(25)22-21-16(23)10-24-15-8-7-12(18)9-13(15)19/h3-9H,2,10H2,1H3,(H,21,23)(H2,20,22,25). The highest BCUT2D eigenvalue weighted by Gasteiger charge is 2.07. The number of para-hydroxylation sites is 1. The molecule has 2 aromatic carbocycles. The zero-order valence-electron chi connectivity index (χ0n) is 13.4. The lowest BCUT2D eigenvalue weighted by Gasteiger charge is -2.14. The number of halogens is 2. The summed E-state index contributed by atoms with van der Waals surface area (Å²) in [6.07, 6.45) is 0.869. The van der Waals surface area contributed by atoms with Crippen LogP contribution in [0.3, 0.4) is 0 Å². The molecule has 1 amide bonds. The largest absolute Gasteiger partial charge is 0.482 e. The van der Waals surface area contributed by atoms with E-state index in [9.17, 15) is 4.79 Å². The zero-order valence-corrected chi connectivity index (χ0v) is 15.8. The first-order chi connectivity index (χ1) is 12.0. The molecular weight excluding hydrogens is 381 g/mol. The van der Waals surface area contributed by atoms with Gasteiger partial charge in [-0.15, -0.1) is 0 Å². The number of amides is 1. The Hall–Kier alpha value is -2.02. The monoisotopic (exact) mass is 397 g/mol. The van der Waals surface area contributed by atoms with E-state index >= 15 is 0 Å². The van der Waals surface area contributed by atoms with Gasteiger partial charge in [0.1, 0.15) is 5.75 Å². The molecule has 2 aromatic rings. The fraction of sp³-hybridized carbons (Fsp3) is 0.176. The minimum Gasteiger partial charge on any atom is -0.482 e. The molecule has 132 valence electrons. The third kappa shape index (κ3) is 6.08. The maximum absolute atomic E-state index is 11.8. The Kier molecular flexibility index (Phi) is 7.31. The van der Waals surface area contributed by atoms with Crippen molar-refractivity contribution in [3.8, 4) is 5.75 Å². The third-order valence-electron chi connectivity index (χ3n) is 3.21. The summed E-state index contributed by atoms with van der Waals surface area (Å²) in [6.45, 7) is 1.83. The molecule has 0 saturated heterocycles. The summed E-state index contributed by atoms with van der Waals surface area (Å²) >= 11 is 16.9. The van der Waals surface area contributed by atoms with Crippen LogP contribution in [0.15, 0.2) is 42.5 Å². The topological polar surface area (TPSA) is 62.4 Å². The van der Waals surface area contributed by atoms with Crippen molar-refractivity contribution in [2.75, 3.05) is 11.9 Å². The zero-order chi connectivity index (χ0) is 18.2. The van der Waals surface area contributed by atoms with E-state index in [1.54, 1.807) is 18.2 Å². The molecule has 5 nitrogen and oxygen atoms in total. The Morgan fingerprint density at radius 3 is 2.64 bits per heavy atom. The van der Waals surface area contributed by atoms with Crippen molar-refractivity contribution in [1.82, 2.24) is 10.9 Å². The molecule has 0 unspecified atom stereocenters. The molecule has 2 rings (SSSR count). The molecule has 0 heterocycles. The average molecular weight is 398 g/mol. The minimum absolute atomic E-state index is 0.220. The molecule has 0 saturated carbocycles. The van der Waals surface area contributed by atoms with E-state index in [0.717, 1.165) is 17.7 Å². The summed E-state index contributed by atoms with van der Waals surface area (Å²) in [5.41, 5.74) is 7.10. The molecule has 0 aliphatic carbocycles. The Bertz CT molecular complexity index is 771. The molecule has 8 heteroatoms. The second kappa shape index (κ2) is 9.46. The van der Waals surface area contributed by atoms with Crippen LogP contribution in [0.4, 0.5) is 5.69 Å². The number of thiocarbonyl (C=S) groups is 1. The van der Waals surface area contributed by atoms with Crippen molar-refractivity contribution < 1.29 is 9.53 Å². The van der Waals surface area contributed by atoms with E-state index in [1.807, 2.05) is 24.3 Å². The predicted molar refractivity (Wildman–Crippen MR) is 105 cm³/mol. The van der Waals surface area contributed by atoms with Gasteiger partial charge < -0.3 is 10.1 Å². The first-order valence-electron chi connectivity index (χ1n) is 7.51. The first kappa shape index (κ1) is 19.3.